The van der Waals surface area contributed by atoms with Crippen LogP contribution >= 0.6 is 0 Å². The third-order valence-corrected chi connectivity index (χ3v) is 2.54. The van der Waals surface area contributed by atoms with Crippen LogP contribution in [-0.2, 0) is 17.9 Å². The number of rotatable bonds is 9. The molecule has 0 saturated heterocycles. The molecule has 0 saturated carbocycles. The number of ether oxygens (including phenoxy) is 1. The molecule has 0 amide bonds. The highest BCUT2D eigenvalue weighted by atomic mass is 16.5. The Morgan fingerprint density at radius 2 is 2.00 bits per heavy atom. The van der Waals surface area contributed by atoms with Crippen molar-refractivity contribution in [1.29, 1.82) is 0 Å². The van der Waals surface area contributed by atoms with E-state index in [1.165, 1.54) is 0 Å². The van der Waals surface area contributed by atoms with E-state index in [0.717, 1.165) is 37.6 Å². The van der Waals surface area contributed by atoms with Gasteiger partial charge in [0.15, 0.2) is 0 Å². The molecule has 0 aromatic carbocycles. The molecular formula is C14H26N2O2. The highest BCUT2D eigenvalue weighted by Crippen LogP contribution is 2.09. The maximum atomic E-state index is 5.66. The van der Waals surface area contributed by atoms with Gasteiger partial charge in [-0.2, -0.15) is 0 Å². The summed E-state index contributed by atoms with van der Waals surface area (Å²) in [7, 11) is 4.14. The summed E-state index contributed by atoms with van der Waals surface area (Å²) >= 11 is 0. The van der Waals surface area contributed by atoms with Crippen LogP contribution in [0.2, 0.25) is 0 Å². The summed E-state index contributed by atoms with van der Waals surface area (Å²) in [6.07, 6.45) is 1.05. The molecule has 1 heterocycles. The summed E-state index contributed by atoms with van der Waals surface area (Å²) < 4.78 is 11.2. The monoisotopic (exact) mass is 254 g/mol. The standard InChI is InChI=1S/C14H26N2O2/c1-12(2)15-10-13-6-7-14(18-13)11-17-9-5-8-16(3)4/h6-7,12,15H,5,8-11H2,1-4H3. The van der Waals surface area contributed by atoms with Crippen molar-refractivity contribution in [2.24, 2.45) is 0 Å². The molecule has 0 unspecified atom stereocenters. The number of hydrogen-bond donors (Lipinski definition) is 1. The SMILES string of the molecule is CC(C)NCc1ccc(COCCCN(C)C)o1. The summed E-state index contributed by atoms with van der Waals surface area (Å²) in [5.41, 5.74) is 0. The lowest BCUT2D eigenvalue weighted by atomic mass is 10.3. The fourth-order valence-corrected chi connectivity index (χ4v) is 1.56. The zero-order valence-electron chi connectivity index (χ0n) is 12.0. The largest absolute Gasteiger partial charge is 0.462 e. The second-order valence-electron chi connectivity index (χ2n) is 5.11. The van der Waals surface area contributed by atoms with E-state index in [4.69, 9.17) is 9.15 Å². The van der Waals surface area contributed by atoms with Gasteiger partial charge in [-0.05, 0) is 39.2 Å². The van der Waals surface area contributed by atoms with Crippen molar-refractivity contribution in [2.45, 2.75) is 39.5 Å². The van der Waals surface area contributed by atoms with Gasteiger partial charge in [-0.25, -0.2) is 0 Å². The van der Waals surface area contributed by atoms with Crippen LogP contribution in [0.4, 0.5) is 0 Å². The maximum absolute atomic E-state index is 5.66. The van der Waals surface area contributed by atoms with Gasteiger partial charge in [-0.3, -0.25) is 0 Å². The first-order valence-corrected chi connectivity index (χ1v) is 6.61. The van der Waals surface area contributed by atoms with Crippen molar-refractivity contribution in [1.82, 2.24) is 10.2 Å². The number of nitrogens with one attached hydrogen (secondary N) is 1. The Labute approximate surface area is 110 Å². The molecule has 0 aliphatic carbocycles. The van der Waals surface area contributed by atoms with Crippen molar-refractivity contribution in [3.05, 3.63) is 23.7 Å². The molecule has 1 aromatic rings. The third-order valence-electron chi connectivity index (χ3n) is 2.54. The van der Waals surface area contributed by atoms with Crippen LogP contribution < -0.4 is 5.32 Å². The van der Waals surface area contributed by atoms with Crippen LogP contribution in [0.25, 0.3) is 0 Å². The second kappa shape index (κ2) is 8.29. The van der Waals surface area contributed by atoms with Crippen molar-refractivity contribution >= 4 is 0 Å². The minimum atomic E-state index is 0.473. The zero-order valence-corrected chi connectivity index (χ0v) is 12.0. The third kappa shape index (κ3) is 6.79. The van der Waals surface area contributed by atoms with Gasteiger partial charge in [0.05, 0.1) is 6.54 Å². The lowest BCUT2D eigenvalue weighted by molar-refractivity contribution is 0.0984. The fourth-order valence-electron chi connectivity index (χ4n) is 1.56. The average molecular weight is 254 g/mol. The van der Waals surface area contributed by atoms with E-state index in [1.54, 1.807) is 0 Å². The van der Waals surface area contributed by atoms with Gasteiger partial charge in [0.2, 0.25) is 0 Å². The van der Waals surface area contributed by atoms with E-state index < -0.39 is 0 Å². The van der Waals surface area contributed by atoms with Gasteiger partial charge < -0.3 is 19.4 Å². The number of furan rings is 1. The predicted molar refractivity (Wildman–Crippen MR) is 73.5 cm³/mol. The highest BCUT2D eigenvalue weighted by Gasteiger charge is 2.03. The van der Waals surface area contributed by atoms with E-state index in [1.807, 2.05) is 12.1 Å². The summed E-state index contributed by atoms with van der Waals surface area (Å²) in [6.45, 7) is 7.42. The number of hydrogen-bond acceptors (Lipinski definition) is 4. The molecule has 4 heteroatoms. The van der Waals surface area contributed by atoms with Crippen LogP contribution in [-0.4, -0.2) is 38.2 Å². The Kier molecular flexibility index (Phi) is 7.01. The first kappa shape index (κ1) is 15.2. The Morgan fingerprint density at radius 1 is 1.28 bits per heavy atom. The Hall–Kier alpha value is -0.840. The van der Waals surface area contributed by atoms with Crippen LogP contribution in [0.15, 0.2) is 16.5 Å². The van der Waals surface area contributed by atoms with E-state index in [2.05, 4.69) is 38.2 Å². The fraction of sp³-hybridized carbons (Fsp3) is 0.714. The molecule has 104 valence electrons. The first-order valence-electron chi connectivity index (χ1n) is 6.61. The maximum Gasteiger partial charge on any atom is 0.129 e. The van der Waals surface area contributed by atoms with Gasteiger partial charge in [0.1, 0.15) is 18.1 Å². The Morgan fingerprint density at radius 3 is 2.67 bits per heavy atom. The molecule has 18 heavy (non-hydrogen) atoms. The van der Waals surface area contributed by atoms with Gasteiger partial charge in [0, 0.05) is 12.6 Å². The normalized spacial score (nSPS) is 11.7. The van der Waals surface area contributed by atoms with Crippen LogP contribution in [0.1, 0.15) is 31.8 Å². The minimum Gasteiger partial charge on any atom is -0.462 e. The van der Waals surface area contributed by atoms with Crippen LogP contribution in [0.3, 0.4) is 0 Å². The van der Waals surface area contributed by atoms with Crippen molar-refractivity contribution < 1.29 is 9.15 Å². The molecular weight excluding hydrogens is 228 g/mol. The van der Waals surface area contributed by atoms with Crippen LogP contribution in [0.5, 0.6) is 0 Å². The lowest BCUT2D eigenvalue weighted by Gasteiger charge is -2.08. The lowest BCUT2D eigenvalue weighted by Crippen LogP contribution is -2.21. The molecule has 1 aromatic heterocycles. The molecule has 0 spiro atoms. The Balaban J connectivity index is 2.15. The van der Waals surface area contributed by atoms with Crippen molar-refractivity contribution in [2.75, 3.05) is 27.2 Å². The Bertz CT molecular complexity index is 321. The second-order valence-corrected chi connectivity index (χ2v) is 5.11. The molecule has 1 rings (SSSR count). The van der Waals surface area contributed by atoms with E-state index in [9.17, 15) is 0 Å². The molecule has 0 radical (unpaired) electrons. The van der Waals surface area contributed by atoms with Crippen LogP contribution in [0, 0.1) is 0 Å². The molecule has 0 atom stereocenters. The quantitative estimate of drug-likeness (QED) is 0.686. The number of nitrogens with zero attached hydrogens (tertiary/aromatic N) is 1. The topological polar surface area (TPSA) is 37.6 Å². The van der Waals surface area contributed by atoms with Crippen molar-refractivity contribution in [3.8, 4) is 0 Å². The molecule has 0 bridgehead atoms. The summed E-state index contributed by atoms with van der Waals surface area (Å²) in [6, 6.07) is 4.47. The molecule has 0 aliphatic rings. The summed E-state index contributed by atoms with van der Waals surface area (Å²) in [4.78, 5) is 2.16. The smallest absolute Gasteiger partial charge is 0.129 e. The first-order chi connectivity index (χ1) is 8.58. The van der Waals surface area contributed by atoms with E-state index >= 15 is 0 Å². The summed E-state index contributed by atoms with van der Waals surface area (Å²) in [5.74, 6) is 1.87. The average Bonchev–Trinajstić information content (AvgIpc) is 2.73. The van der Waals surface area contributed by atoms with Gasteiger partial charge in [-0.1, -0.05) is 13.8 Å². The highest BCUT2D eigenvalue weighted by molar-refractivity contribution is 5.06. The van der Waals surface area contributed by atoms with E-state index in [-0.39, 0.29) is 0 Å². The van der Waals surface area contributed by atoms with Gasteiger partial charge >= 0.3 is 0 Å². The minimum absolute atomic E-state index is 0.473. The molecule has 0 fully saturated rings. The summed E-state index contributed by atoms with van der Waals surface area (Å²) in [5, 5.41) is 3.32. The van der Waals surface area contributed by atoms with Gasteiger partial charge in [0.25, 0.3) is 0 Å². The zero-order chi connectivity index (χ0) is 13.4. The predicted octanol–water partition coefficient (Wildman–Crippen LogP) is 2.25. The van der Waals surface area contributed by atoms with Gasteiger partial charge in [-0.15, -0.1) is 0 Å². The van der Waals surface area contributed by atoms with Crippen molar-refractivity contribution in [3.63, 3.8) is 0 Å². The molecule has 0 aliphatic heterocycles. The van der Waals surface area contributed by atoms with E-state index in [0.29, 0.717) is 12.6 Å². The molecule has 1 N–H and O–H groups in total. The molecule has 4 nitrogen and oxygen atoms in total.